The van der Waals surface area contributed by atoms with Crippen molar-refractivity contribution in [2.45, 2.75) is 76.8 Å². The zero-order valence-electron chi connectivity index (χ0n) is 26.0. The van der Waals surface area contributed by atoms with Crippen LogP contribution in [0.15, 0.2) is 54.6 Å². The Morgan fingerprint density at radius 3 is 2.36 bits per heavy atom. The summed E-state index contributed by atoms with van der Waals surface area (Å²) in [6.07, 6.45) is 4.95. The topological polar surface area (TPSA) is 56.7 Å². The number of aliphatic carboxylic acids is 1. The highest BCUT2D eigenvalue weighted by atomic mass is 35.5. The lowest BCUT2D eigenvalue weighted by molar-refractivity contribution is -0.145. The number of carboxylic acid groups (broad SMARTS) is 1. The highest BCUT2D eigenvalue weighted by Gasteiger charge is 2.42. The summed E-state index contributed by atoms with van der Waals surface area (Å²) in [5.74, 6) is 0.201. The van der Waals surface area contributed by atoms with Crippen molar-refractivity contribution < 1.29 is 14.3 Å². The molecular formula is C34H47Cl3FN3O2S. The molecule has 3 unspecified atom stereocenters. The lowest BCUT2D eigenvalue weighted by atomic mass is 9.87. The van der Waals surface area contributed by atoms with Crippen molar-refractivity contribution in [3.63, 3.8) is 0 Å². The number of thiazole rings is 1. The van der Waals surface area contributed by atoms with Gasteiger partial charge in [-0.25, -0.2) is 9.37 Å². The number of nitrogens with zero attached hydrogens (tertiary/aromatic N) is 3. The van der Waals surface area contributed by atoms with Gasteiger partial charge in [-0.3, -0.25) is 9.69 Å². The van der Waals surface area contributed by atoms with Crippen LogP contribution in [0.5, 0.6) is 0 Å². The predicted octanol–water partition coefficient (Wildman–Crippen LogP) is 8.23. The Kier molecular flexibility index (Phi) is 15.1. The fraction of sp³-hybridized carbons (Fsp3) is 0.529. The molecule has 244 valence electrons. The average molecular weight is 687 g/mol. The van der Waals surface area contributed by atoms with Crippen LogP contribution < -0.4 is 0 Å². The number of aryl methyl sites for hydroxylation is 1. The largest absolute Gasteiger partial charge is 0.480 e. The number of likely N-dealkylation sites (N-methyl/N-ethyl adjacent to an activating group) is 1. The van der Waals surface area contributed by atoms with Crippen molar-refractivity contribution in [3.05, 3.63) is 87.1 Å². The molecule has 5 rings (SSSR count). The lowest BCUT2D eigenvalue weighted by Crippen LogP contribution is -2.47. The average Bonchev–Trinajstić information content (AvgIpc) is 3.52. The molecule has 1 saturated heterocycles. The van der Waals surface area contributed by atoms with E-state index in [-0.39, 0.29) is 60.9 Å². The molecule has 5 nitrogen and oxygen atoms in total. The molecule has 1 aliphatic carbocycles. The standard InChI is InChI=1S/C34H44FN3O2S.3ClH/c1-22(2)32(34(39)40)37(4)29-19-27(30(20-29)26-11-8-12-28(35)18-26)21-38-15-13-25(14-16-38)33-23(3)36-31(41-33)17-24-9-6-5-7-10-24;;;/h5-12,18,22,25,27,29-30,32H,13-17,19-21H2,1-4H3,(H,39,40);3*1H/t27?,29?,30?,32-;;;/m1.../s1. The van der Waals surface area contributed by atoms with Gasteiger partial charge in [-0.2, -0.15) is 0 Å². The van der Waals surface area contributed by atoms with E-state index in [0.717, 1.165) is 57.3 Å². The van der Waals surface area contributed by atoms with Crippen molar-refractivity contribution in [1.29, 1.82) is 0 Å². The van der Waals surface area contributed by atoms with Gasteiger partial charge in [0.2, 0.25) is 0 Å². The number of hydrogen-bond acceptors (Lipinski definition) is 5. The summed E-state index contributed by atoms with van der Waals surface area (Å²) in [4.78, 5) is 23.1. The molecule has 0 spiro atoms. The van der Waals surface area contributed by atoms with Crippen LogP contribution in [0, 0.1) is 24.6 Å². The minimum absolute atomic E-state index is 0. The maximum Gasteiger partial charge on any atom is 0.321 e. The minimum atomic E-state index is -0.763. The van der Waals surface area contributed by atoms with E-state index in [4.69, 9.17) is 4.98 Å². The number of likely N-dealkylation sites (tertiary alicyclic amines) is 1. The van der Waals surface area contributed by atoms with E-state index in [9.17, 15) is 14.3 Å². The van der Waals surface area contributed by atoms with Gasteiger partial charge in [0.15, 0.2) is 0 Å². The Balaban J connectivity index is 0.00000225. The predicted molar refractivity (Wildman–Crippen MR) is 186 cm³/mol. The van der Waals surface area contributed by atoms with Crippen LogP contribution in [-0.4, -0.2) is 64.6 Å². The Bertz CT molecular complexity index is 1320. The van der Waals surface area contributed by atoms with E-state index in [2.05, 4.69) is 47.1 Å². The molecule has 2 aliphatic rings. The number of hydrogen-bond donors (Lipinski definition) is 1. The number of halogens is 4. The second-order valence-corrected chi connectivity index (χ2v) is 13.6. The molecule has 2 aromatic carbocycles. The molecule has 3 aromatic rings. The van der Waals surface area contributed by atoms with Gasteiger partial charge in [-0.1, -0.05) is 56.3 Å². The molecule has 1 saturated carbocycles. The number of carboxylic acids is 1. The summed E-state index contributed by atoms with van der Waals surface area (Å²) >= 11 is 1.89. The first-order valence-electron chi connectivity index (χ1n) is 15.1. The molecule has 44 heavy (non-hydrogen) atoms. The zero-order valence-corrected chi connectivity index (χ0v) is 29.3. The molecule has 0 radical (unpaired) electrons. The third-order valence-corrected chi connectivity index (χ3v) is 10.7. The van der Waals surface area contributed by atoms with Gasteiger partial charge in [0.05, 0.1) is 10.7 Å². The maximum atomic E-state index is 14.3. The Morgan fingerprint density at radius 1 is 1.07 bits per heavy atom. The van der Waals surface area contributed by atoms with Gasteiger partial charge >= 0.3 is 5.97 Å². The van der Waals surface area contributed by atoms with E-state index in [1.807, 2.05) is 44.4 Å². The number of carbonyl (C=O) groups is 1. The van der Waals surface area contributed by atoms with Crippen LogP contribution in [0.2, 0.25) is 0 Å². The number of aromatic nitrogens is 1. The third kappa shape index (κ3) is 9.17. The number of benzene rings is 2. The highest BCUT2D eigenvalue weighted by Crippen LogP contribution is 2.44. The van der Waals surface area contributed by atoms with Gasteiger partial charge in [0.25, 0.3) is 0 Å². The molecule has 0 amide bonds. The SMILES string of the molecule is Cc1nc(Cc2ccccc2)sc1C1CCN(CC2CC(N(C)[C@@H](C(=O)O)C(C)C)CC2c2cccc(F)c2)CC1.Cl.Cl.Cl. The first kappa shape index (κ1) is 38.4. The Hall–Kier alpha value is -1.74. The molecule has 4 atom stereocenters. The summed E-state index contributed by atoms with van der Waals surface area (Å²) in [5.41, 5.74) is 3.54. The van der Waals surface area contributed by atoms with Crippen molar-refractivity contribution in [2.75, 3.05) is 26.7 Å². The van der Waals surface area contributed by atoms with Gasteiger partial charge in [0.1, 0.15) is 11.9 Å². The van der Waals surface area contributed by atoms with Crippen molar-refractivity contribution in [1.82, 2.24) is 14.8 Å². The first-order chi connectivity index (χ1) is 19.7. The highest BCUT2D eigenvalue weighted by molar-refractivity contribution is 7.11. The molecule has 0 bridgehead atoms. The molecule has 2 fully saturated rings. The minimum Gasteiger partial charge on any atom is -0.480 e. The Labute approximate surface area is 284 Å². The molecule has 1 aromatic heterocycles. The van der Waals surface area contributed by atoms with E-state index in [0.29, 0.717) is 11.8 Å². The monoisotopic (exact) mass is 685 g/mol. The number of rotatable bonds is 10. The van der Waals surface area contributed by atoms with E-state index < -0.39 is 12.0 Å². The van der Waals surface area contributed by atoms with Crippen LogP contribution in [0.3, 0.4) is 0 Å². The first-order valence-corrected chi connectivity index (χ1v) is 15.9. The molecule has 2 heterocycles. The summed E-state index contributed by atoms with van der Waals surface area (Å²) in [6, 6.07) is 17.3. The van der Waals surface area contributed by atoms with Gasteiger partial charge in [-0.05, 0) is 99.7 Å². The van der Waals surface area contributed by atoms with Crippen LogP contribution >= 0.6 is 48.6 Å². The van der Waals surface area contributed by atoms with Crippen molar-refractivity contribution >= 4 is 54.5 Å². The summed E-state index contributed by atoms with van der Waals surface area (Å²) in [6.45, 7) is 9.18. The molecular weight excluding hydrogens is 640 g/mol. The van der Waals surface area contributed by atoms with Crippen LogP contribution in [0.4, 0.5) is 4.39 Å². The smallest absolute Gasteiger partial charge is 0.321 e. The quantitative estimate of drug-likeness (QED) is 0.233. The van der Waals surface area contributed by atoms with Gasteiger partial charge < -0.3 is 10.0 Å². The van der Waals surface area contributed by atoms with Crippen molar-refractivity contribution in [2.24, 2.45) is 11.8 Å². The van der Waals surface area contributed by atoms with Crippen LogP contribution in [0.25, 0.3) is 0 Å². The third-order valence-electron chi connectivity index (χ3n) is 9.37. The molecule has 10 heteroatoms. The summed E-state index contributed by atoms with van der Waals surface area (Å²) in [7, 11) is 1.96. The Morgan fingerprint density at radius 2 is 1.75 bits per heavy atom. The van der Waals surface area contributed by atoms with E-state index in [1.54, 1.807) is 6.07 Å². The second kappa shape index (κ2) is 17.3. The van der Waals surface area contributed by atoms with E-state index >= 15 is 0 Å². The molecule has 1 aliphatic heterocycles. The fourth-order valence-electron chi connectivity index (χ4n) is 7.33. The lowest BCUT2D eigenvalue weighted by Gasteiger charge is -2.35. The maximum absolute atomic E-state index is 14.3. The normalized spacial score (nSPS) is 21.4. The van der Waals surface area contributed by atoms with E-state index in [1.165, 1.54) is 27.2 Å². The van der Waals surface area contributed by atoms with Crippen LogP contribution in [0.1, 0.15) is 78.1 Å². The molecule has 1 N–H and O–H groups in total. The van der Waals surface area contributed by atoms with Gasteiger partial charge in [-0.15, -0.1) is 48.6 Å². The summed E-state index contributed by atoms with van der Waals surface area (Å²) < 4.78 is 14.3. The van der Waals surface area contributed by atoms with Crippen molar-refractivity contribution in [3.8, 4) is 0 Å². The zero-order chi connectivity index (χ0) is 29.1. The second-order valence-electron chi connectivity index (χ2n) is 12.5. The van der Waals surface area contributed by atoms with Gasteiger partial charge in [0, 0.05) is 23.9 Å². The van der Waals surface area contributed by atoms with Crippen LogP contribution in [-0.2, 0) is 11.2 Å². The summed E-state index contributed by atoms with van der Waals surface area (Å²) in [5, 5.41) is 11.1. The number of piperidine rings is 1. The fourth-order valence-corrected chi connectivity index (χ4v) is 8.60.